The summed E-state index contributed by atoms with van der Waals surface area (Å²) in [6, 6.07) is 0. The molecular weight excluding hydrogens is 228 g/mol. The van der Waals surface area contributed by atoms with Gasteiger partial charge in [-0.25, -0.2) is 0 Å². The van der Waals surface area contributed by atoms with Gasteiger partial charge in [-0.3, -0.25) is 0 Å². The summed E-state index contributed by atoms with van der Waals surface area (Å²) in [6.45, 7) is 4.77. The van der Waals surface area contributed by atoms with Crippen LogP contribution in [0.2, 0.25) is 0 Å². The van der Waals surface area contributed by atoms with E-state index in [-0.39, 0.29) is 29.6 Å². The highest BCUT2D eigenvalue weighted by Gasteiger charge is 2.82. The summed E-state index contributed by atoms with van der Waals surface area (Å²) < 4.78 is 6.51. The van der Waals surface area contributed by atoms with Crippen molar-refractivity contribution in [3.8, 4) is 0 Å². The van der Waals surface area contributed by atoms with Crippen molar-refractivity contribution in [1.82, 2.24) is 0 Å². The maximum atomic E-state index is 10.1. The Kier molecular flexibility index (Phi) is 2.03. The van der Waals surface area contributed by atoms with Crippen molar-refractivity contribution in [2.75, 3.05) is 13.2 Å². The standard InChI is InChI=1S/C15H24O3/c1-9-3-4-15-13(9)5-11(14(15,7-16)8-17)10(2)12(6-13)18-15/h9-12,16-17H,3-8H2,1-2H3/t9-,10+,11+,12-,13-,15+/m1/s1. The summed E-state index contributed by atoms with van der Waals surface area (Å²) in [5.74, 6) is 1.61. The molecule has 0 aromatic rings. The Morgan fingerprint density at radius 1 is 1.17 bits per heavy atom. The maximum absolute atomic E-state index is 10.1. The molecule has 2 heterocycles. The topological polar surface area (TPSA) is 49.7 Å². The van der Waals surface area contributed by atoms with E-state index in [9.17, 15) is 10.2 Å². The molecule has 2 N–H and O–H groups in total. The molecule has 2 aliphatic heterocycles. The third-order valence-electron chi connectivity index (χ3n) is 7.48. The van der Waals surface area contributed by atoms with E-state index in [0.717, 1.165) is 19.3 Å². The molecule has 102 valence electrons. The third kappa shape index (κ3) is 0.835. The second-order valence-electron chi connectivity index (χ2n) is 7.43. The molecule has 5 aliphatic rings. The van der Waals surface area contributed by atoms with Crippen LogP contribution in [0.4, 0.5) is 0 Å². The number of aliphatic hydroxyl groups is 2. The second-order valence-corrected chi connectivity index (χ2v) is 7.43. The van der Waals surface area contributed by atoms with Crippen molar-refractivity contribution in [2.45, 2.75) is 51.2 Å². The van der Waals surface area contributed by atoms with E-state index in [2.05, 4.69) is 13.8 Å². The SMILES string of the molecule is C[C@@H]1[C@H]2C[C@@]34C[C@@H]1C(CO)(CO)[C@@]3(CC[C@H]4C)O2. The lowest BCUT2D eigenvalue weighted by atomic mass is 9.64. The third-order valence-corrected chi connectivity index (χ3v) is 7.48. The van der Waals surface area contributed by atoms with E-state index in [1.165, 1.54) is 6.42 Å². The molecule has 5 rings (SSSR count). The van der Waals surface area contributed by atoms with Crippen LogP contribution in [0.1, 0.15) is 39.5 Å². The van der Waals surface area contributed by atoms with Crippen molar-refractivity contribution in [3.63, 3.8) is 0 Å². The maximum Gasteiger partial charge on any atom is 0.0848 e. The van der Waals surface area contributed by atoms with Crippen LogP contribution in [-0.4, -0.2) is 35.1 Å². The second kappa shape index (κ2) is 3.13. The average molecular weight is 252 g/mol. The summed E-state index contributed by atoms with van der Waals surface area (Å²) in [5.41, 5.74) is -0.352. The lowest BCUT2D eigenvalue weighted by Gasteiger charge is -2.52. The molecule has 0 unspecified atom stereocenters. The average Bonchev–Trinajstić information content (AvgIpc) is 2.86. The highest BCUT2D eigenvalue weighted by atomic mass is 16.5. The number of hydrogen-bond acceptors (Lipinski definition) is 3. The van der Waals surface area contributed by atoms with Crippen molar-refractivity contribution in [2.24, 2.45) is 28.6 Å². The fourth-order valence-corrected chi connectivity index (χ4v) is 6.52. The van der Waals surface area contributed by atoms with E-state index in [1.54, 1.807) is 0 Å². The van der Waals surface area contributed by atoms with Gasteiger partial charge in [0, 0.05) is 10.8 Å². The summed E-state index contributed by atoms with van der Waals surface area (Å²) in [5, 5.41) is 20.1. The minimum Gasteiger partial charge on any atom is -0.396 e. The smallest absolute Gasteiger partial charge is 0.0848 e. The first-order valence-electron chi connectivity index (χ1n) is 7.46. The van der Waals surface area contributed by atoms with Gasteiger partial charge in [-0.15, -0.1) is 0 Å². The van der Waals surface area contributed by atoms with Gasteiger partial charge in [0.2, 0.25) is 0 Å². The van der Waals surface area contributed by atoms with Gasteiger partial charge in [-0.1, -0.05) is 13.8 Å². The van der Waals surface area contributed by atoms with Crippen LogP contribution in [0.15, 0.2) is 0 Å². The number of hydrogen-bond donors (Lipinski definition) is 2. The fourth-order valence-electron chi connectivity index (χ4n) is 6.52. The van der Waals surface area contributed by atoms with Crippen molar-refractivity contribution >= 4 is 0 Å². The largest absolute Gasteiger partial charge is 0.396 e. The van der Waals surface area contributed by atoms with Gasteiger partial charge in [0.1, 0.15) is 0 Å². The Bertz CT molecular complexity index is 391. The quantitative estimate of drug-likeness (QED) is 0.784. The predicted octanol–water partition coefficient (Wildman–Crippen LogP) is 1.57. The molecule has 2 spiro atoms. The fraction of sp³-hybridized carbons (Fsp3) is 1.00. The van der Waals surface area contributed by atoms with Crippen LogP contribution in [0.25, 0.3) is 0 Å². The Labute approximate surface area is 109 Å². The minimum atomic E-state index is -0.385. The van der Waals surface area contributed by atoms with Gasteiger partial charge in [-0.2, -0.15) is 0 Å². The highest BCUT2D eigenvalue weighted by Crippen LogP contribution is 2.80. The Morgan fingerprint density at radius 3 is 2.56 bits per heavy atom. The highest BCUT2D eigenvalue weighted by molar-refractivity contribution is 5.30. The van der Waals surface area contributed by atoms with Gasteiger partial charge in [0.05, 0.1) is 24.9 Å². The molecule has 0 radical (unpaired) electrons. The predicted molar refractivity (Wildman–Crippen MR) is 66.9 cm³/mol. The molecule has 3 heteroatoms. The molecule has 0 amide bonds. The zero-order valence-electron chi connectivity index (χ0n) is 11.4. The Balaban J connectivity index is 1.93. The van der Waals surface area contributed by atoms with Gasteiger partial charge in [-0.05, 0) is 43.4 Å². The molecule has 5 fully saturated rings. The summed E-state index contributed by atoms with van der Waals surface area (Å²) in [4.78, 5) is 0. The van der Waals surface area contributed by atoms with Crippen molar-refractivity contribution in [3.05, 3.63) is 0 Å². The van der Waals surface area contributed by atoms with Crippen molar-refractivity contribution in [1.29, 1.82) is 0 Å². The molecule has 0 aromatic carbocycles. The van der Waals surface area contributed by atoms with Gasteiger partial charge in [0.25, 0.3) is 0 Å². The number of rotatable bonds is 2. The normalized spacial score (nSPS) is 59.3. The molecule has 3 nitrogen and oxygen atoms in total. The number of ether oxygens (including phenoxy) is 1. The van der Waals surface area contributed by atoms with Crippen LogP contribution >= 0.6 is 0 Å². The van der Waals surface area contributed by atoms with E-state index >= 15 is 0 Å². The Morgan fingerprint density at radius 2 is 1.89 bits per heavy atom. The molecule has 3 aliphatic carbocycles. The lowest BCUT2D eigenvalue weighted by Crippen LogP contribution is -2.59. The van der Waals surface area contributed by atoms with Gasteiger partial charge in [0.15, 0.2) is 0 Å². The van der Waals surface area contributed by atoms with E-state index < -0.39 is 0 Å². The first-order chi connectivity index (χ1) is 8.57. The lowest BCUT2D eigenvalue weighted by molar-refractivity contribution is -0.225. The molecule has 6 atom stereocenters. The zero-order chi connectivity index (χ0) is 12.8. The van der Waals surface area contributed by atoms with Gasteiger partial charge >= 0.3 is 0 Å². The van der Waals surface area contributed by atoms with Gasteiger partial charge < -0.3 is 14.9 Å². The van der Waals surface area contributed by atoms with Crippen molar-refractivity contribution < 1.29 is 14.9 Å². The molecular formula is C15H24O3. The van der Waals surface area contributed by atoms with E-state index in [0.29, 0.717) is 23.9 Å². The first kappa shape index (κ1) is 11.7. The monoisotopic (exact) mass is 252 g/mol. The first-order valence-corrected chi connectivity index (χ1v) is 7.46. The van der Waals surface area contributed by atoms with Crippen LogP contribution < -0.4 is 0 Å². The van der Waals surface area contributed by atoms with Crippen LogP contribution in [0.5, 0.6) is 0 Å². The van der Waals surface area contributed by atoms with E-state index in [1.807, 2.05) is 0 Å². The number of aliphatic hydroxyl groups excluding tert-OH is 2. The van der Waals surface area contributed by atoms with Crippen LogP contribution in [0.3, 0.4) is 0 Å². The summed E-state index contributed by atoms with van der Waals surface area (Å²) in [6.07, 6.45) is 4.92. The molecule has 18 heavy (non-hydrogen) atoms. The van der Waals surface area contributed by atoms with Crippen LogP contribution in [-0.2, 0) is 4.74 Å². The summed E-state index contributed by atoms with van der Waals surface area (Å²) >= 11 is 0. The van der Waals surface area contributed by atoms with Crippen LogP contribution in [0, 0.1) is 28.6 Å². The minimum absolute atomic E-state index is 0.0830. The molecule has 4 bridgehead atoms. The Hall–Kier alpha value is -0.120. The zero-order valence-corrected chi connectivity index (χ0v) is 11.4. The molecule has 3 saturated carbocycles. The molecule has 2 saturated heterocycles. The summed E-state index contributed by atoms with van der Waals surface area (Å²) in [7, 11) is 0. The molecule has 0 aromatic heterocycles. The van der Waals surface area contributed by atoms with E-state index in [4.69, 9.17) is 4.74 Å².